The first-order valence-electron chi connectivity index (χ1n) is 9.43. The quantitative estimate of drug-likeness (QED) is 0.703. The van der Waals surface area contributed by atoms with Crippen molar-refractivity contribution in [1.82, 2.24) is 9.88 Å². The highest BCUT2D eigenvalue weighted by molar-refractivity contribution is 7.18. The Hall–Kier alpha value is -1.89. The van der Waals surface area contributed by atoms with Crippen molar-refractivity contribution in [2.45, 2.75) is 18.9 Å². The molecule has 2 aliphatic heterocycles. The minimum absolute atomic E-state index is 0.684. The fraction of sp³-hybridized carbons (Fsp3) is 0.450. The van der Waals surface area contributed by atoms with E-state index < -0.39 is 0 Å². The molecule has 0 unspecified atom stereocenters. The number of anilines is 2. The van der Waals surface area contributed by atoms with Crippen molar-refractivity contribution < 1.29 is 4.74 Å². The van der Waals surface area contributed by atoms with Gasteiger partial charge in [-0.1, -0.05) is 0 Å². The summed E-state index contributed by atoms with van der Waals surface area (Å²) in [6.45, 7) is 6.04. The summed E-state index contributed by atoms with van der Waals surface area (Å²) in [5, 5.41) is 4.65. The topological polar surface area (TPSA) is 54.6 Å². The van der Waals surface area contributed by atoms with E-state index in [1.165, 1.54) is 28.3 Å². The van der Waals surface area contributed by atoms with E-state index >= 15 is 0 Å². The van der Waals surface area contributed by atoms with Gasteiger partial charge in [0.05, 0.1) is 18.7 Å². The molecule has 5 rings (SSSR count). The van der Waals surface area contributed by atoms with Crippen molar-refractivity contribution >= 4 is 43.8 Å². The molecule has 2 aromatic heterocycles. The normalized spacial score (nSPS) is 20.2. The maximum atomic E-state index is 6.01. The van der Waals surface area contributed by atoms with Crippen LogP contribution in [0.4, 0.5) is 11.5 Å². The first-order chi connectivity index (χ1) is 12.8. The van der Waals surface area contributed by atoms with Crippen molar-refractivity contribution in [1.29, 1.82) is 0 Å². The summed E-state index contributed by atoms with van der Waals surface area (Å²) in [6, 6.07) is 8.97. The molecule has 0 saturated carbocycles. The largest absolute Gasteiger partial charge is 0.399 e. The first kappa shape index (κ1) is 16.3. The molecule has 0 amide bonds. The number of hydrogen-bond donors (Lipinski definition) is 1. The monoisotopic (exact) mass is 368 g/mol. The molecule has 0 atom stereocenters. The van der Waals surface area contributed by atoms with E-state index in [4.69, 9.17) is 15.5 Å². The lowest BCUT2D eigenvalue weighted by Crippen LogP contribution is -2.49. The summed E-state index contributed by atoms with van der Waals surface area (Å²) in [5.74, 6) is 1.12. The molecule has 1 aromatic carbocycles. The van der Waals surface area contributed by atoms with Crippen molar-refractivity contribution in [2.24, 2.45) is 0 Å². The van der Waals surface area contributed by atoms with E-state index in [0.29, 0.717) is 6.04 Å². The minimum atomic E-state index is 0.684. The number of ether oxygens (including phenoxy) is 1. The van der Waals surface area contributed by atoms with Crippen LogP contribution in [0.1, 0.15) is 12.8 Å². The smallest absolute Gasteiger partial charge is 0.138 e. The second kappa shape index (κ2) is 6.68. The Bertz CT molecular complexity index is 926. The number of aromatic nitrogens is 1. The van der Waals surface area contributed by atoms with Gasteiger partial charge in [-0.3, -0.25) is 4.90 Å². The second-order valence-corrected chi connectivity index (χ2v) is 8.16. The number of fused-ring (bicyclic) bond motifs is 3. The molecular formula is C20H24N4OS. The number of benzene rings is 1. The van der Waals surface area contributed by atoms with E-state index in [1.807, 2.05) is 12.1 Å². The Kier molecular flexibility index (Phi) is 4.19. The lowest BCUT2D eigenvalue weighted by Gasteiger charge is -2.40. The number of thiophene rings is 1. The summed E-state index contributed by atoms with van der Waals surface area (Å²) in [4.78, 5) is 10.1. The molecule has 2 N–H and O–H groups in total. The zero-order valence-corrected chi connectivity index (χ0v) is 15.7. The number of hydrogen-bond acceptors (Lipinski definition) is 6. The highest BCUT2D eigenvalue weighted by Gasteiger charge is 2.27. The Morgan fingerprint density at radius 1 is 1.04 bits per heavy atom. The Labute approximate surface area is 157 Å². The predicted octanol–water partition coefficient (Wildman–Crippen LogP) is 3.33. The summed E-state index contributed by atoms with van der Waals surface area (Å²) < 4.78 is 6.82. The number of morpholine rings is 1. The minimum Gasteiger partial charge on any atom is -0.399 e. The van der Waals surface area contributed by atoms with E-state index in [0.717, 1.165) is 56.4 Å². The van der Waals surface area contributed by atoms with Gasteiger partial charge >= 0.3 is 0 Å². The van der Waals surface area contributed by atoms with Gasteiger partial charge in [-0.25, -0.2) is 4.98 Å². The number of rotatable bonds is 2. The third kappa shape index (κ3) is 2.82. The Morgan fingerprint density at radius 3 is 2.65 bits per heavy atom. The van der Waals surface area contributed by atoms with Crippen molar-refractivity contribution in [3.05, 3.63) is 29.6 Å². The van der Waals surface area contributed by atoms with E-state index in [2.05, 4.69) is 27.3 Å². The number of nitrogen functional groups attached to an aromatic ring is 1. The van der Waals surface area contributed by atoms with Crippen LogP contribution in [-0.2, 0) is 4.74 Å². The molecule has 2 aliphatic rings. The lowest BCUT2D eigenvalue weighted by atomic mass is 10.0. The number of nitrogens with two attached hydrogens (primary N) is 1. The molecule has 26 heavy (non-hydrogen) atoms. The molecule has 2 saturated heterocycles. The molecule has 0 spiro atoms. The fourth-order valence-electron chi connectivity index (χ4n) is 4.33. The van der Waals surface area contributed by atoms with Crippen LogP contribution < -0.4 is 10.6 Å². The molecule has 5 nitrogen and oxygen atoms in total. The number of piperidine rings is 1. The van der Waals surface area contributed by atoms with Gasteiger partial charge < -0.3 is 15.4 Å². The van der Waals surface area contributed by atoms with Crippen LogP contribution in [0.25, 0.3) is 21.0 Å². The van der Waals surface area contributed by atoms with Crippen LogP contribution in [0.2, 0.25) is 0 Å². The predicted molar refractivity (Wildman–Crippen MR) is 109 cm³/mol. The zero-order valence-electron chi connectivity index (χ0n) is 14.9. The van der Waals surface area contributed by atoms with Gasteiger partial charge in [0.15, 0.2) is 0 Å². The summed E-state index contributed by atoms with van der Waals surface area (Å²) in [7, 11) is 0. The molecular weight excluding hydrogens is 344 g/mol. The third-order valence-corrected chi connectivity index (χ3v) is 6.67. The Morgan fingerprint density at radius 2 is 1.85 bits per heavy atom. The van der Waals surface area contributed by atoms with Gasteiger partial charge in [0.1, 0.15) is 5.82 Å². The van der Waals surface area contributed by atoms with E-state index in [9.17, 15) is 0 Å². The molecule has 136 valence electrons. The van der Waals surface area contributed by atoms with Gasteiger partial charge in [0.25, 0.3) is 0 Å². The summed E-state index contributed by atoms with van der Waals surface area (Å²) >= 11 is 1.79. The highest BCUT2D eigenvalue weighted by atomic mass is 32.1. The molecule has 2 fully saturated rings. The van der Waals surface area contributed by atoms with Crippen LogP contribution in [0, 0.1) is 0 Å². The van der Waals surface area contributed by atoms with E-state index in [-0.39, 0.29) is 0 Å². The van der Waals surface area contributed by atoms with Crippen molar-refractivity contribution in [3.63, 3.8) is 0 Å². The third-order valence-electron chi connectivity index (χ3n) is 5.72. The second-order valence-electron chi connectivity index (χ2n) is 7.24. The lowest BCUT2D eigenvalue weighted by molar-refractivity contribution is 0.0115. The van der Waals surface area contributed by atoms with Crippen LogP contribution in [0.3, 0.4) is 0 Å². The van der Waals surface area contributed by atoms with Gasteiger partial charge in [-0.2, -0.15) is 0 Å². The molecule has 4 heterocycles. The Balaban J connectivity index is 1.44. The average molecular weight is 369 g/mol. The summed E-state index contributed by atoms with van der Waals surface area (Å²) in [6.07, 6.45) is 2.39. The van der Waals surface area contributed by atoms with Gasteiger partial charge in [0, 0.05) is 53.4 Å². The van der Waals surface area contributed by atoms with Gasteiger partial charge in [-0.15, -0.1) is 11.3 Å². The van der Waals surface area contributed by atoms with Crippen LogP contribution >= 0.6 is 11.3 Å². The van der Waals surface area contributed by atoms with Gasteiger partial charge in [-0.05, 0) is 42.5 Å². The van der Waals surface area contributed by atoms with Crippen LogP contribution in [-0.4, -0.2) is 55.3 Å². The SMILES string of the molecule is Nc1ccc2c(c1)nc(N1CCC(N3CCOCC3)CC1)c1ccsc12. The van der Waals surface area contributed by atoms with Gasteiger partial charge in [0.2, 0.25) is 0 Å². The number of pyridine rings is 1. The highest BCUT2D eigenvalue weighted by Crippen LogP contribution is 2.36. The maximum Gasteiger partial charge on any atom is 0.138 e. The fourth-order valence-corrected chi connectivity index (χ4v) is 5.25. The summed E-state index contributed by atoms with van der Waals surface area (Å²) in [5.41, 5.74) is 7.79. The molecule has 0 radical (unpaired) electrons. The molecule has 0 aliphatic carbocycles. The molecule has 0 bridgehead atoms. The van der Waals surface area contributed by atoms with Crippen LogP contribution in [0.5, 0.6) is 0 Å². The molecule has 3 aromatic rings. The first-order valence-corrected chi connectivity index (χ1v) is 10.3. The number of nitrogens with zero attached hydrogens (tertiary/aromatic N) is 3. The molecule has 6 heteroatoms. The average Bonchev–Trinajstić information content (AvgIpc) is 3.18. The van der Waals surface area contributed by atoms with E-state index in [1.54, 1.807) is 11.3 Å². The van der Waals surface area contributed by atoms with Crippen molar-refractivity contribution in [3.8, 4) is 0 Å². The standard InChI is InChI=1S/C20H24N4OS/c21-14-1-2-16-18(13-14)22-20(17-5-12-26-19(16)17)24-6-3-15(4-7-24)23-8-10-25-11-9-23/h1-2,5,12-13,15H,3-4,6-11,21H2. The van der Waals surface area contributed by atoms with Crippen molar-refractivity contribution in [2.75, 3.05) is 50.0 Å². The van der Waals surface area contributed by atoms with Crippen LogP contribution in [0.15, 0.2) is 29.6 Å². The zero-order chi connectivity index (χ0) is 17.5. The maximum absolute atomic E-state index is 6.01.